The summed E-state index contributed by atoms with van der Waals surface area (Å²) >= 11 is 5.94. The number of carbonyl (C=O) groups is 3. The lowest BCUT2D eigenvalue weighted by Gasteiger charge is -2.39. The van der Waals surface area contributed by atoms with Gasteiger partial charge in [0.2, 0.25) is 5.91 Å². The Morgan fingerprint density at radius 3 is 2.58 bits per heavy atom. The predicted molar refractivity (Wildman–Crippen MR) is 134 cm³/mol. The fourth-order valence-corrected chi connectivity index (χ4v) is 4.02. The summed E-state index contributed by atoms with van der Waals surface area (Å²) in [5, 5.41) is 3.33. The second kappa shape index (κ2) is 11.7. The molecule has 1 N–H and O–H groups in total. The minimum atomic E-state index is -0.957. The molecule has 2 heterocycles. The largest absolute Gasteiger partial charge is 0.464 e. The monoisotopic (exact) mass is 511 g/mol. The Bertz CT molecular complexity index is 1200. The maximum absolute atomic E-state index is 13.4. The Hall–Kier alpha value is -3.82. The molecule has 188 valence electrons. The zero-order valence-corrected chi connectivity index (χ0v) is 20.4. The standard InChI is InChI=1S/C26H26ClN3O6/c1-34-14-15-36-26(33)30-12-11-29(17-22(30)24(31)28-21-9-7-20(27)8-10-21)25(32)19-5-2-4-18(16-19)23-6-3-13-35-23/h2-10,13,16,22H,11-12,14-15,17H2,1H3,(H,28,31). The summed E-state index contributed by atoms with van der Waals surface area (Å²) in [6.07, 6.45) is 0.925. The van der Waals surface area contributed by atoms with Crippen molar-refractivity contribution in [3.8, 4) is 11.3 Å². The number of anilines is 1. The number of ether oxygens (including phenoxy) is 2. The van der Waals surface area contributed by atoms with Crippen LogP contribution in [0.15, 0.2) is 71.3 Å². The maximum atomic E-state index is 13.4. The average molecular weight is 512 g/mol. The third-order valence-corrected chi connectivity index (χ3v) is 6.00. The summed E-state index contributed by atoms with van der Waals surface area (Å²) in [4.78, 5) is 42.3. The Morgan fingerprint density at radius 1 is 1.06 bits per heavy atom. The number of methoxy groups -OCH3 is 1. The summed E-state index contributed by atoms with van der Waals surface area (Å²) in [6, 6.07) is 16.3. The van der Waals surface area contributed by atoms with E-state index in [0.717, 1.165) is 5.56 Å². The lowest BCUT2D eigenvalue weighted by atomic mass is 10.1. The molecule has 4 rings (SSSR count). The molecular formula is C26H26ClN3O6. The van der Waals surface area contributed by atoms with Crippen LogP contribution in [-0.2, 0) is 14.3 Å². The van der Waals surface area contributed by atoms with Crippen molar-refractivity contribution in [2.45, 2.75) is 6.04 Å². The van der Waals surface area contributed by atoms with Crippen LogP contribution in [0.5, 0.6) is 0 Å². The first-order chi connectivity index (χ1) is 17.5. The normalized spacial score (nSPS) is 15.4. The van der Waals surface area contributed by atoms with Crippen LogP contribution < -0.4 is 5.32 Å². The number of nitrogens with zero attached hydrogens (tertiary/aromatic N) is 2. The number of carbonyl (C=O) groups excluding carboxylic acids is 3. The summed E-state index contributed by atoms with van der Waals surface area (Å²) in [5.41, 5.74) is 1.74. The van der Waals surface area contributed by atoms with Crippen LogP contribution in [0.2, 0.25) is 5.02 Å². The summed E-state index contributed by atoms with van der Waals surface area (Å²) < 4.78 is 15.6. The summed E-state index contributed by atoms with van der Waals surface area (Å²) in [5.74, 6) is -0.0450. The van der Waals surface area contributed by atoms with E-state index in [0.29, 0.717) is 22.0 Å². The number of hydrogen-bond donors (Lipinski definition) is 1. The van der Waals surface area contributed by atoms with Crippen LogP contribution in [0.1, 0.15) is 10.4 Å². The molecule has 0 spiro atoms. The number of furan rings is 1. The topological polar surface area (TPSA) is 101 Å². The van der Waals surface area contributed by atoms with Gasteiger partial charge in [-0.15, -0.1) is 0 Å². The third kappa shape index (κ3) is 6.05. The van der Waals surface area contributed by atoms with Crippen molar-refractivity contribution in [3.63, 3.8) is 0 Å². The fraction of sp³-hybridized carbons (Fsp3) is 0.269. The van der Waals surface area contributed by atoms with Gasteiger partial charge in [0.25, 0.3) is 5.91 Å². The van der Waals surface area contributed by atoms with Gasteiger partial charge in [-0.25, -0.2) is 4.79 Å². The van der Waals surface area contributed by atoms with Crippen molar-refractivity contribution in [1.29, 1.82) is 0 Å². The highest BCUT2D eigenvalue weighted by Crippen LogP contribution is 2.23. The van der Waals surface area contributed by atoms with Gasteiger partial charge in [0.05, 0.1) is 19.4 Å². The van der Waals surface area contributed by atoms with E-state index in [2.05, 4.69) is 5.32 Å². The molecule has 3 aromatic rings. The number of halogens is 1. The molecule has 3 amide bonds. The lowest BCUT2D eigenvalue weighted by Crippen LogP contribution is -2.60. The van der Waals surface area contributed by atoms with Gasteiger partial charge in [0.1, 0.15) is 18.4 Å². The van der Waals surface area contributed by atoms with Gasteiger partial charge >= 0.3 is 6.09 Å². The second-order valence-corrected chi connectivity index (χ2v) is 8.56. The Morgan fingerprint density at radius 2 is 1.86 bits per heavy atom. The average Bonchev–Trinajstić information content (AvgIpc) is 3.45. The quantitative estimate of drug-likeness (QED) is 0.478. The molecule has 1 aromatic heterocycles. The predicted octanol–water partition coefficient (Wildman–Crippen LogP) is 4.15. The number of piperazine rings is 1. The van der Waals surface area contributed by atoms with Crippen molar-refractivity contribution in [2.75, 3.05) is 45.3 Å². The molecule has 0 aliphatic carbocycles. The van der Waals surface area contributed by atoms with Crippen molar-refractivity contribution in [3.05, 3.63) is 77.5 Å². The van der Waals surface area contributed by atoms with Crippen molar-refractivity contribution in [2.24, 2.45) is 0 Å². The molecule has 10 heteroatoms. The zero-order valence-electron chi connectivity index (χ0n) is 19.7. The van der Waals surface area contributed by atoms with E-state index in [1.165, 1.54) is 12.0 Å². The first-order valence-electron chi connectivity index (χ1n) is 11.4. The first kappa shape index (κ1) is 25.3. The Labute approximate surface area is 213 Å². The zero-order chi connectivity index (χ0) is 25.5. The smallest absolute Gasteiger partial charge is 0.410 e. The van der Waals surface area contributed by atoms with E-state index in [1.54, 1.807) is 59.7 Å². The highest BCUT2D eigenvalue weighted by molar-refractivity contribution is 6.30. The molecule has 36 heavy (non-hydrogen) atoms. The summed E-state index contributed by atoms with van der Waals surface area (Å²) in [7, 11) is 1.50. The molecular weight excluding hydrogens is 486 g/mol. The van der Waals surface area contributed by atoms with Crippen molar-refractivity contribution < 1.29 is 28.3 Å². The lowest BCUT2D eigenvalue weighted by molar-refractivity contribution is -0.122. The molecule has 1 atom stereocenters. The third-order valence-electron chi connectivity index (χ3n) is 5.74. The molecule has 1 saturated heterocycles. The van der Waals surface area contributed by atoms with E-state index in [-0.39, 0.29) is 38.8 Å². The van der Waals surface area contributed by atoms with Crippen LogP contribution in [0.25, 0.3) is 11.3 Å². The molecule has 1 fully saturated rings. The number of amides is 3. The molecule has 2 aromatic carbocycles. The number of rotatable bonds is 7. The highest BCUT2D eigenvalue weighted by Gasteiger charge is 2.38. The van der Waals surface area contributed by atoms with Gasteiger partial charge in [-0.3, -0.25) is 14.5 Å². The molecule has 0 radical (unpaired) electrons. The van der Waals surface area contributed by atoms with Gasteiger partial charge in [-0.05, 0) is 48.5 Å². The number of benzene rings is 2. The van der Waals surface area contributed by atoms with Crippen LogP contribution >= 0.6 is 11.6 Å². The minimum absolute atomic E-state index is 0.00259. The summed E-state index contributed by atoms with van der Waals surface area (Å²) in [6.45, 7) is 0.669. The van der Waals surface area contributed by atoms with Gasteiger partial charge in [-0.2, -0.15) is 0 Å². The van der Waals surface area contributed by atoms with E-state index in [1.807, 2.05) is 12.1 Å². The highest BCUT2D eigenvalue weighted by atomic mass is 35.5. The SMILES string of the molecule is COCCOC(=O)N1CCN(C(=O)c2cccc(-c3ccco3)c2)CC1C(=O)Nc1ccc(Cl)cc1. The number of nitrogens with one attached hydrogen (secondary N) is 1. The Balaban J connectivity index is 1.52. The van der Waals surface area contributed by atoms with E-state index >= 15 is 0 Å². The molecule has 1 aliphatic rings. The van der Waals surface area contributed by atoms with E-state index in [4.69, 9.17) is 25.5 Å². The fourth-order valence-electron chi connectivity index (χ4n) is 3.90. The van der Waals surface area contributed by atoms with Gasteiger partial charge in [0.15, 0.2) is 0 Å². The van der Waals surface area contributed by atoms with Gasteiger partial charge in [-0.1, -0.05) is 23.7 Å². The van der Waals surface area contributed by atoms with Crippen LogP contribution in [-0.4, -0.2) is 73.7 Å². The van der Waals surface area contributed by atoms with Crippen LogP contribution in [0, 0.1) is 0 Å². The first-order valence-corrected chi connectivity index (χ1v) is 11.8. The van der Waals surface area contributed by atoms with Gasteiger partial charge in [0, 0.05) is 42.0 Å². The van der Waals surface area contributed by atoms with Gasteiger partial charge < -0.3 is 24.1 Å². The van der Waals surface area contributed by atoms with Crippen molar-refractivity contribution >= 4 is 35.2 Å². The molecule has 1 unspecified atom stereocenters. The molecule has 0 saturated carbocycles. The molecule has 1 aliphatic heterocycles. The van der Waals surface area contributed by atoms with Crippen LogP contribution in [0.4, 0.5) is 10.5 Å². The molecule has 0 bridgehead atoms. The second-order valence-electron chi connectivity index (χ2n) is 8.12. The Kier molecular flexibility index (Phi) is 8.24. The number of hydrogen-bond acceptors (Lipinski definition) is 6. The molecule has 9 nitrogen and oxygen atoms in total. The van der Waals surface area contributed by atoms with Crippen molar-refractivity contribution in [1.82, 2.24) is 9.80 Å². The van der Waals surface area contributed by atoms with E-state index < -0.39 is 18.0 Å². The van der Waals surface area contributed by atoms with E-state index in [9.17, 15) is 14.4 Å². The maximum Gasteiger partial charge on any atom is 0.410 e. The van der Waals surface area contributed by atoms with Crippen LogP contribution in [0.3, 0.4) is 0 Å². The minimum Gasteiger partial charge on any atom is -0.464 e.